The van der Waals surface area contributed by atoms with E-state index in [9.17, 15) is 30.6 Å². The van der Waals surface area contributed by atoms with Crippen LogP contribution in [0, 0.1) is 44.8 Å². The summed E-state index contributed by atoms with van der Waals surface area (Å²) >= 11 is 0. The standard InChI is InChI=1S/C38H62O10/c1-20(2)46-22-15-34(7)24-10-9-23-32(3,4)26(47-31-29(43)28(42)21(40)17-45-31)12-14-36(23)18-37(24,36)16-25(41)38(34,19-39)30(22)35(8)13-11-27(48-35)33(5,6)44/h21-31,39-44H,1,9-19H2,2-8H3/t21-,22-,23+,24-,25+,26+,27+,28-,29-,30-,31-,34-,35-,36+,37-,38+/m0/s1. The van der Waals surface area contributed by atoms with Crippen LogP contribution in [0.4, 0.5) is 0 Å². The van der Waals surface area contributed by atoms with Gasteiger partial charge >= 0.3 is 0 Å². The average Bonchev–Trinajstić information content (AvgIpc) is 3.29. The molecule has 5 saturated carbocycles. The summed E-state index contributed by atoms with van der Waals surface area (Å²) in [6.07, 6.45) is 1.07. The molecular formula is C38H62O10. The minimum atomic E-state index is -1.32. The molecule has 0 amide bonds. The van der Waals surface area contributed by atoms with Crippen molar-refractivity contribution in [1.82, 2.24) is 0 Å². The molecular weight excluding hydrogens is 616 g/mol. The van der Waals surface area contributed by atoms with Gasteiger partial charge in [-0.15, -0.1) is 0 Å². The van der Waals surface area contributed by atoms with Gasteiger partial charge < -0.3 is 49.6 Å². The van der Waals surface area contributed by atoms with Crippen molar-refractivity contribution >= 4 is 0 Å². The summed E-state index contributed by atoms with van der Waals surface area (Å²) in [6.45, 7) is 18.2. The maximum atomic E-state index is 12.7. The summed E-state index contributed by atoms with van der Waals surface area (Å²) in [5.74, 6) is 0.934. The Kier molecular flexibility index (Phi) is 8.22. The van der Waals surface area contributed by atoms with Gasteiger partial charge in [0.05, 0.1) is 48.5 Å². The molecule has 274 valence electrons. The molecule has 7 aliphatic rings. The van der Waals surface area contributed by atoms with Crippen LogP contribution in [0.5, 0.6) is 0 Å². The lowest BCUT2D eigenvalue weighted by Gasteiger charge is -2.65. The fourth-order valence-corrected chi connectivity index (χ4v) is 13.8. The van der Waals surface area contributed by atoms with Gasteiger partial charge in [0.2, 0.25) is 0 Å². The van der Waals surface area contributed by atoms with E-state index < -0.39 is 52.7 Å². The molecule has 0 aromatic carbocycles. The molecule has 0 aromatic heterocycles. The monoisotopic (exact) mass is 678 g/mol. The largest absolute Gasteiger partial charge is 0.495 e. The Hall–Kier alpha value is -0.820. The van der Waals surface area contributed by atoms with Gasteiger partial charge in [-0.05, 0) is 119 Å². The van der Waals surface area contributed by atoms with Crippen LogP contribution in [-0.2, 0) is 18.9 Å². The quantitative estimate of drug-likeness (QED) is 0.174. The number of aliphatic hydroxyl groups excluding tert-OH is 5. The average molecular weight is 679 g/mol. The van der Waals surface area contributed by atoms with E-state index in [2.05, 4.69) is 34.3 Å². The molecule has 7 rings (SSSR count). The van der Waals surface area contributed by atoms with Gasteiger partial charge in [-0.2, -0.15) is 0 Å². The van der Waals surface area contributed by atoms with Crippen LogP contribution < -0.4 is 0 Å². The van der Waals surface area contributed by atoms with Crippen molar-refractivity contribution in [2.24, 2.45) is 44.8 Å². The van der Waals surface area contributed by atoms with Gasteiger partial charge in [0.1, 0.15) is 24.4 Å². The van der Waals surface area contributed by atoms with Crippen molar-refractivity contribution in [3.8, 4) is 0 Å². The van der Waals surface area contributed by atoms with E-state index in [0.29, 0.717) is 37.4 Å². The van der Waals surface area contributed by atoms with Crippen molar-refractivity contribution in [2.45, 2.75) is 166 Å². The first-order valence-electron chi connectivity index (χ1n) is 18.6. The highest BCUT2D eigenvalue weighted by molar-refractivity contribution is 5.34. The fraction of sp³-hybridized carbons (Fsp3) is 0.947. The number of rotatable bonds is 7. The molecule has 48 heavy (non-hydrogen) atoms. The molecule has 0 radical (unpaired) electrons. The van der Waals surface area contributed by atoms with Crippen molar-refractivity contribution in [1.29, 1.82) is 0 Å². The molecule has 16 atom stereocenters. The molecule has 10 heteroatoms. The lowest BCUT2D eigenvalue weighted by molar-refractivity contribution is -0.304. The third kappa shape index (κ3) is 4.55. The topological polar surface area (TPSA) is 158 Å². The summed E-state index contributed by atoms with van der Waals surface area (Å²) in [6, 6.07) is 0. The number of hydrogen-bond donors (Lipinski definition) is 6. The lowest BCUT2D eigenvalue weighted by atomic mass is 9.40. The first-order chi connectivity index (χ1) is 22.2. The molecule has 2 spiro atoms. The third-order valence-electron chi connectivity index (χ3n) is 15.8. The highest BCUT2D eigenvalue weighted by atomic mass is 16.7. The van der Waals surface area contributed by atoms with Crippen LogP contribution in [-0.4, -0.2) is 104 Å². The first-order valence-corrected chi connectivity index (χ1v) is 18.6. The SMILES string of the molecule is C=C(C)O[C@H]1C[C@@]2(C)[C@@H]3CC[C@@H]4C(C)(C)[C@H](O[C@@H]5OC[C@H](O)[C@H](O)[C@@H]5O)CC[C@@]45C[C@@]35C[C@@H](O)[C@]2(CO)[C@@H]1[C@]1(C)CC[C@H](C(C)(C)O)O1. The van der Waals surface area contributed by atoms with Gasteiger partial charge in [0.15, 0.2) is 6.29 Å². The molecule has 10 nitrogen and oxygen atoms in total. The van der Waals surface area contributed by atoms with Gasteiger partial charge in [-0.3, -0.25) is 0 Å². The smallest absolute Gasteiger partial charge is 0.186 e. The van der Waals surface area contributed by atoms with E-state index in [1.807, 2.05) is 6.92 Å². The van der Waals surface area contributed by atoms with Crippen LogP contribution in [0.3, 0.4) is 0 Å². The van der Waals surface area contributed by atoms with E-state index in [1.54, 1.807) is 13.8 Å². The first kappa shape index (κ1) is 35.6. The second-order valence-electron chi connectivity index (χ2n) is 18.9. The second-order valence-corrected chi connectivity index (χ2v) is 18.9. The molecule has 6 N–H and O–H groups in total. The van der Waals surface area contributed by atoms with E-state index in [4.69, 9.17) is 18.9 Å². The van der Waals surface area contributed by atoms with E-state index in [-0.39, 0.29) is 59.6 Å². The Balaban J connectivity index is 1.21. The molecule has 2 aliphatic heterocycles. The lowest BCUT2D eigenvalue weighted by Crippen LogP contribution is -2.66. The molecule has 0 unspecified atom stereocenters. The van der Waals surface area contributed by atoms with Crippen molar-refractivity contribution in [3.63, 3.8) is 0 Å². The summed E-state index contributed by atoms with van der Waals surface area (Å²) in [4.78, 5) is 0. The van der Waals surface area contributed by atoms with Gasteiger partial charge in [-0.25, -0.2) is 0 Å². The number of allylic oxidation sites excluding steroid dienone is 1. The Labute approximate surface area is 286 Å². The zero-order valence-corrected chi connectivity index (χ0v) is 30.2. The third-order valence-corrected chi connectivity index (χ3v) is 15.8. The van der Waals surface area contributed by atoms with E-state index in [0.717, 1.165) is 32.1 Å². The Morgan fingerprint density at radius 2 is 1.60 bits per heavy atom. The van der Waals surface area contributed by atoms with Gasteiger partial charge in [0.25, 0.3) is 0 Å². The predicted molar refractivity (Wildman–Crippen MR) is 176 cm³/mol. The van der Waals surface area contributed by atoms with Crippen LogP contribution in [0.2, 0.25) is 0 Å². The number of ether oxygens (including phenoxy) is 4. The van der Waals surface area contributed by atoms with Gasteiger partial charge in [0, 0.05) is 11.3 Å². The zero-order chi connectivity index (χ0) is 35.0. The molecule has 2 saturated heterocycles. The van der Waals surface area contributed by atoms with Crippen LogP contribution in [0.15, 0.2) is 12.3 Å². The molecule has 0 aromatic rings. The van der Waals surface area contributed by atoms with Crippen molar-refractivity contribution in [3.05, 3.63) is 12.3 Å². The number of aliphatic hydroxyl groups is 6. The summed E-state index contributed by atoms with van der Waals surface area (Å²) in [5, 5.41) is 66.1. The van der Waals surface area contributed by atoms with E-state index >= 15 is 0 Å². The number of fused-ring (bicyclic) bond motifs is 2. The fourth-order valence-electron chi connectivity index (χ4n) is 13.8. The second kappa shape index (κ2) is 11.1. The van der Waals surface area contributed by atoms with Crippen molar-refractivity contribution < 1.29 is 49.6 Å². The predicted octanol–water partition coefficient (Wildman–Crippen LogP) is 3.43. The van der Waals surface area contributed by atoms with Gasteiger partial charge in [-0.1, -0.05) is 27.4 Å². The van der Waals surface area contributed by atoms with Crippen molar-refractivity contribution in [2.75, 3.05) is 13.2 Å². The summed E-state index contributed by atoms with van der Waals surface area (Å²) < 4.78 is 25.5. The van der Waals surface area contributed by atoms with Crippen LogP contribution >= 0.6 is 0 Å². The molecule has 2 heterocycles. The zero-order valence-electron chi connectivity index (χ0n) is 30.2. The minimum Gasteiger partial charge on any atom is -0.495 e. The van der Waals surface area contributed by atoms with Crippen LogP contribution in [0.25, 0.3) is 0 Å². The number of hydrogen-bond acceptors (Lipinski definition) is 10. The summed E-state index contributed by atoms with van der Waals surface area (Å²) in [5.41, 5.74) is -3.28. The van der Waals surface area contributed by atoms with E-state index in [1.165, 1.54) is 0 Å². The highest BCUT2D eigenvalue weighted by Gasteiger charge is 2.86. The Morgan fingerprint density at radius 3 is 2.23 bits per heavy atom. The van der Waals surface area contributed by atoms with Crippen LogP contribution in [0.1, 0.15) is 106 Å². The normalized spacial score (nSPS) is 55.6. The maximum absolute atomic E-state index is 12.7. The molecule has 7 fully saturated rings. The Bertz CT molecular complexity index is 1280. The maximum Gasteiger partial charge on any atom is 0.186 e. The molecule has 5 aliphatic carbocycles. The molecule has 0 bridgehead atoms. The Morgan fingerprint density at radius 1 is 0.917 bits per heavy atom. The summed E-state index contributed by atoms with van der Waals surface area (Å²) in [7, 11) is 0. The minimum absolute atomic E-state index is 0.0369. The highest BCUT2D eigenvalue weighted by Crippen LogP contribution is 2.89.